The Kier molecular flexibility index (Phi) is 2.09. The number of rotatable bonds is 0. The van der Waals surface area contributed by atoms with Crippen molar-refractivity contribution in [2.24, 2.45) is 0 Å². The lowest BCUT2D eigenvalue weighted by Crippen LogP contribution is -1.94. The molecule has 0 bridgehead atoms. The van der Waals surface area contributed by atoms with Crippen LogP contribution in [0.3, 0.4) is 0 Å². The van der Waals surface area contributed by atoms with Gasteiger partial charge in [-0.1, -0.05) is 24.3 Å². The third kappa shape index (κ3) is 1.48. The average molecular weight is 260 g/mol. The minimum atomic E-state index is 0.680. The molecular weight excluding hydrogens is 248 g/mol. The van der Waals surface area contributed by atoms with E-state index < -0.39 is 0 Å². The fourth-order valence-corrected chi connectivity index (χ4v) is 2.55. The molecule has 0 radical (unpaired) electrons. The Balaban J connectivity index is 2.25. The maximum absolute atomic E-state index is 6.10. The summed E-state index contributed by atoms with van der Waals surface area (Å²) < 4.78 is 0. The van der Waals surface area contributed by atoms with Gasteiger partial charge >= 0.3 is 0 Å². The average Bonchev–Trinajstić information content (AvgIpc) is 2.46. The lowest BCUT2D eigenvalue weighted by molar-refractivity contribution is 1.41. The largest absolute Gasteiger partial charge is 0.399 e. The number of anilines is 2. The van der Waals surface area contributed by atoms with Gasteiger partial charge in [-0.05, 0) is 24.3 Å². The van der Waals surface area contributed by atoms with Crippen molar-refractivity contribution in [3.8, 4) is 0 Å². The van der Waals surface area contributed by atoms with Crippen molar-refractivity contribution in [2.45, 2.75) is 0 Å². The molecule has 0 aliphatic carbocycles. The first-order chi connectivity index (χ1) is 9.72. The lowest BCUT2D eigenvalue weighted by atomic mass is 10.1. The molecule has 0 saturated heterocycles. The summed E-state index contributed by atoms with van der Waals surface area (Å²) >= 11 is 0. The first-order valence-corrected chi connectivity index (χ1v) is 6.36. The van der Waals surface area contributed by atoms with Crippen LogP contribution in [-0.4, -0.2) is 9.97 Å². The fourth-order valence-electron chi connectivity index (χ4n) is 2.55. The number of fused-ring (bicyclic) bond motifs is 4. The van der Waals surface area contributed by atoms with Crippen LogP contribution in [-0.2, 0) is 0 Å². The van der Waals surface area contributed by atoms with Crippen LogP contribution in [0.2, 0.25) is 0 Å². The molecule has 1 heterocycles. The smallest absolute Gasteiger partial charge is 0.0974 e. The number of aromatic nitrogens is 2. The molecule has 0 aliphatic heterocycles. The Morgan fingerprint density at radius 2 is 1.50 bits per heavy atom. The second kappa shape index (κ2) is 3.81. The van der Waals surface area contributed by atoms with Gasteiger partial charge in [0.25, 0.3) is 0 Å². The zero-order valence-electron chi connectivity index (χ0n) is 10.7. The summed E-state index contributed by atoms with van der Waals surface area (Å²) in [5, 5.41) is 2.03. The summed E-state index contributed by atoms with van der Waals surface area (Å²) in [6.07, 6.45) is 0. The molecule has 4 rings (SSSR count). The first kappa shape index (κ1) is 11.0. The molecule has 0 aliphatic rings. The van der Waals surface area contributed by atoms with Crippen LogP contribution in [0.1, 0.15) is 0 Å². The molecule has 0 unspecified atom stereocenters. The third-order valence-corrected chi connectivity index (χ3v) is 3.50. The molecule has 4 N–H and O–H groups in total. The third-order valence-electron chi connectivity index (χ3n) is 3.50. The van der Waals surface area contributed by atoms with Crippen molar-refractivity contribution in [3.05, 3.63) is 48.5 Å². The van der Waals surface area contributed by atoms with Crippen molar-refractivity contribution < 1.29 is 0 Å². The molecule has 0 fully saturated rings. The SMILES string of the molecule is Nc1ccc2nc3c(cc(N)c4ccccc43)nc2c1. The molecule has 0 atom stereocenters. The molecule has 4 heteroatoms. The molecule has 4 nitrogen and oxygen atoms in total. The molecule has 20 heavy (non-hydrogen) atoms. The van der Waals surface area contributed by atoms with E-state index in [-0.39, 0.29) is 0 Å². The van der Waals surface area contributed by atoms with Gasteiger partial charge in [-0.3, -0.25) is 0 Å². The van der Waals surface area contributed by atoms with E-state index >= 15 is 0 Å². The van der Waals surface area contributed by atoms with Crippen LogP contribution >= 0.6 is 0 Å². The summed E-state index contributed by atoms with van der Waals surface area (Å²) in [5.74, 6) is 0. The Morgan fingerprint density at radius 1 is 0.700 bits per heavy atom. The summed E-state index contributed by atoms with van der Waals surface area (Å²) in [6.45, 7) is 0. The van der Waals surface area contributed by atoms with E-state index in [9.17, 15) is 0 Å². The fraction of sp³-hybridized carbons (Fsp3) is 0. The topological polar surface area (TPSA) is 77.8 Å². The second-order valence-electron chi connectivity index (χ2n) is 4.85. The highest BCUT2D eigenvalue weighted by Gasteiger charge is 2.08. The van der Waals surface area contributed by atoms with Crippen LogP contribution in [0, 0.1) is 0 Å². The summed E-state index contributed by atoms with van der Waals surface area (Å²) in [5.41, 5.74) is 16.6. The van der Waals surface area contributed by atoms with E-state index in [1.54, 1.807) is 0 Å². The van der Waals surface area contributed by atoms with Gasteiger partial charge in [0.2, 0.25) is 0 Å². The summed E-state index contributed by atoms with van der Waals surface area (Å²) in [6, 6.07) is 15.4. The number of benzene rings is 3. The minimum absolute atomic E-state index is 0.680. The van der Waals surface area contributed by atoms with Crippen molar-refractivity contribution in [3.63, 3.8) is 0 Å². The van der Waals surface area contributed by atoms with Crippen LogP contribution in [0.5, 0.6) is 0 Å². The van der Waals surface area contributed by atoms with E-state index in [1.807, 2.05) is 48.5 Å². The number of nitrogens with two attached hydrogens (primary N) is 2. The summed E-state index contributed by atoms with van der Waals surface area (Å²) in [7, 11) is 0. The van der Waals surface area contributed by atoms with Gasteiger partial charge in [-0.25, -0.2) is 9.97 Å². The van der Waals surface area contributed by atoms with Gasteiger partial charge in [-0.15, -0.1) is 0 Å². The number of nitrogens with zero attached hydrogens (tertiary/aromatic N) is 2. The van der Waals surface area contributed by atoms with E-state index in [0.29, 0.717) is 11.4 Å². The molecule has 0 spiro atoms. The highest BCUT2D eigenvalue weighted by molar-refractivity contribution is 6.11. The quantitative estimate of drug-likeness (QED) is 0.289. The van der Waals surface area contributed by atoms with E-state index in [1.165, 1.54) is 0 Å². The highest BCUT2D eigenvalue weighted by Crippen LogP contribution is 2.29. The normalized spacial score (nSPS) is 11.4. The monoisotopic (exact) mass is 260 g/mol. The Hall–Kier alpha value is -2.88. The molecule has 4 aromatic rings. The van der Waals surface area contributed by atoms with Gasteiger partial charge in [0, 0.05) is 22.1 Å². The van der Waals surface area contributed by atoms with Crippen molar-refractivity contribution in [2.75, 3.05) is 11.5 Å². The van der Waals surface area contributed by atoms with Crippen LogP contribution in [0.25, 0.3) is 32.8 Å². The highest BCUT2D eigenvalue weighted by atomic mass is 14.8. The van der Waals surface area contributed by atoms with Gasteiger partial charge in [0.15, 0.2) is 0 Å². The van der Waals surface area contributed by atoms with Gasteiger partial charge in [-0.2, -0.15) is 0 Å². The Labute approximate surface area is 115 Å². The van der Waals surface area contributed by atoms with E-state index in [0.717, 1.165) is 32.8 Å². The van der Waals surface area contributed by atoms with Crippen molar-refractivity contribution in [1.29, 1.82) is 0 Å². The molecule has 3 aromatic carbocycles. The van der Waals surface area contributed by atoms with Crippen molar-refractivity contribution in [1.82, 2.24) is 9.97 Å². The van der Waals surface area contributed by atoms with E-state index in [2.05, 4.69) is 4.98 Å². The lowest BCUT2D eigenvalue weighted by Gasteiger charge is -2.07. The number of nitrogen functional groups attached to an aromatic ring is 2. The molecule has 1 aromatic heterocycles. The molecular formula is C16H12N4. The van der Waals surface area contributed by atoms with E-state index in [4.69, 9.17) is 16.5 Å². The maximum atomic E-state index is 6.10. The standard InChI is InChI=1S/C16H12N4/c17-9-5-6-13-14(7-9)19-15-8-12(18)10-3-1-2-4-11(10)16(15)20-13/h1-8H,17-18H2. The Morgan fingerprint density at radius 3 is 2.35 bits per heavy atom. The maximum Gasteiger partial charge on any atom is 0.0974 e. The molecule has 96 valence electrons. The zero-order valence-corrected chi connectivity index (χ0v) is 10.7. The zero-order chi connectivity index (χ0) is 13.7. The number of hydrogen-bond acceptors (Lipinski definition) is 4. The first-order valence-electron chi connectivity index (χ1n) is 6.36. The minimum Gasteiger partial charge on any atom is -0.399 e. The van der Waals surface area contributed by atoms with Gasteiger partial charge < -0.3 is 11.5 Å². The van der Waals surface area contributed by atoms with Crippen LogP contribution in [0.4, 0.5) is 11.4 Å². The number of hydrogen-bond donors (Lipinski definition) is 2. The van der Waals surface area contributed by atoms with Gasteiger partial charge in [0.1, 0.15) is 0 Å². The van der Waals surface area contributed by atoms with Crippen LogP contribution < -0.4 is 11.5 Å². The predicted molar refractivity (Wildman–Crippen MR) is 83.4 cm³/mol. The summed E-state index contributed by atoms with van der Waals surface area (Å²) in [4.78, 5) is 9.34. The Bertz CT molecular complexity index is 976. The second-order valence-corrected chi connectivity index (χ2v) is 4.85. The van der Waals surface area contributed by atoms with Crippen LogP contribution in [0.15, 0.2) is 48.5 Å². The van der Waals surface area contributed by atoms with Gasteiger partial charge in [0.05, 0.1) is 22.1 Å². The molecule has 0 saturated carbocycles. The molecule has 0 amide bonds. The predicted octanol–water partition coefficient (Wildman–Crippen LogP) is 3.10. The van der Waals surface area contributed by atoms with Crippen molar-refractivity contribution >= 4 is 44.2 Å².